The van der Waals surface area contributed by atoms with Crippen molar-refractivity contribution in [1.82, 2.24) is 0 Å². The molecule has 0 aromatic heterocycles. The van der Waals surface area contributed by atoms with E-state index in [2.05, 4.69) is 31.3 Å². The Morgan fingerprint density at radius 3 is 2.33 bits per heavy atom. The van der Waals surface area contributed by atoms with Gasteiger partial charge in [0.2, 0.25) is 5.91 Å². The Labute approximate surface area is 110 Å². The molecule has 100 valence electrons. The number of carbonyl (C=O) groups is 1. The lowest BCUT2D eigenvalue weighted by Gasteiger charge is -2.12. The summed E-state index contributed by atoms with van der Waals surface area (Å²) in [6, 6.07) is 8.07. The number of nitrogens with two attached hydrogens (primary N) is 1. The molecule has 0 aliphatic heterocycles. The summed E-state index contributed by atoms with van der Waals surface area (Å²) in [6.07, 6.45) is 1.79. The van der Waals surface area contributed by atoms with Gasteiger partial charge >= 0.3 is 0 Å². The highest BCUT2D eigenvalue weighted by Gasteiger charge is 2.11. The molecule has 0 fully saturated rings. The highest BCUT2D eigenvalue weighted by atomic mass is 16.1. The fourth-order valence-corrected chi connectivity index (χ4v) is 1.84. The van der Waals surface area contributed by atoms with E-state index in [1.807, 2.05) is 19.1 Å². The zero-order chi connectivity index (χ0) is 13.5. The van der Waals surface area contributed by atoms with Crippen LogP contribution in [-0.2, 0) is 11.2 Å². The van der Waals surface area contributed by atoms with E-state index in [4.69, 9.17) is 5.73 Å². The number of carbonyl (C=O) groups excluding carboxylic acids is 1. The number of hydrogen-bond acceptors (Lipinski definition) is 2. The molecule has 1 unspecified atom stereocenters. The maximum absolute atomic E-state index is 11.8. The number of amides is 1. The summed E-state index contributed by atoms with van der Waals surface area (Å²) >= 11 is 0. The van der Waals surface area contributed by atoms with Gasteiger partial charge < -0.3 is 11.1 Å². The Morgan fingerprint density at radius 1 is 1.22 bits per heavy atom. The molecule has 0 saturated carbocycles. The summed E-state index contributed by atoms with van der Waals surface area (Å²) in [5.74, 6) is 0.650. The number of rotatable bonds is 6. The van der Waals surface area contributed by atoms with Crippen LogP contribution < -0.4 is 11.1 Å². The molecule has 3 nitrogen and oxygen atoms in total. The second-order valence-electron chi connectivity index (χ2n) is 5.26. The maximum Gasteiger partial charge on any atom is 0.227 e. The zero-order valence-corrected chi connectivity index (χ0v) is 11.6. The van der Waals surface area contributed by atoms with E-state index in [9.17, 15) is 4.79 Å². The van der Waals surface area contributed by atoms with Crippen LogP contribution in [0.4, 0.5) is 5.69 Å². The second-order valence-corrected chi connectivity index (χ2v) is 5.26. The van der Waals surface area contributed by atoms with Crippen molar-refractivity contribution in [2.24, 2.45) is 17.6 Å². The van der Waals surface area contributed by atoms with E-state index < -0.39 is 0 Å². The van der Waals surface area contributed by atoms with Crippen molar-refractivity contribution in [2.75, 3.05) is 11.9 Å². The molecule has 0 heterocycles. The number of benzene rings is 1. The summed E-state index contributed by atoms with van der Waals surface area (Å²) in [5.41, 5.74) is 7.61. The average molecular weight is 248 g/mol. The summed E-state index contributed by atoms with van der Waals surface area (Å²) in [6.45, 7) is 6.84. The number of anilines is 1. The third-order valence-corrected chi connectivity index (χ3v) is 2.91. The van der Waals surface area contributed by atoms with Gasteiger partial charge in [0.15, 0.2) is 0 Å². The number of nitrogens with one attached hydrogen (secondary N) is 1. The van der Waals surface area contributed by atoms with E-state index in [1.54, 1.807) is 0 Å². The lowest BCUT2D eigenvalue weighted by molar-refractivity contribution is -0.119. The van der Waals surface area contributed by atoms with Gasteiger partial charge in [0.25, 0.3) is 0 Å². The SMILES string of the molecule is CC(C)Cc1ccc(NC(=O)C(C)CCN)cc1. The summed E-state index contributed by atoms with van der Waals surface area (Å²) in [7, 11) is 0. The minimum Gasteiger partial charge on any atom is -0.330 e. The molecule has 0 spiro atoms. The van der Waals surface area contributed by atoms with Crippen LogP contribution in [0.15, 0.2) is 24.3 Å². The van der Waals surface area contributed by atoms with Crippen LogP contribution in [0.2, 0.25) is 0 Å². The fraction of sp³-hybridized carbons (Fsp3) is 0.533. The summed E-state index contributed by atoms with van der Waals surface area (Å²) in [4.78, 5) is 11.8. The van der Waals surface area contributed by atoms with Gasteiger partial charge in [-0.1, -0.05) is 32.9 Å². The predicted molar refractivity (Wildman–Crippen MR) is 76.4 cm³/mol. The molecule has 3 N–H and O–H groups in total. The molecule has 3 heteroatoms. The van der Waals surface area contributed by atoms with Crippen LogP contribution in [-0.4, -0.2) is 12.5 Å². The Morgan fingerprint density at radius 2 is 1.83 bits per heavy atom. The Kier molecular flexibility index (Phi) is 5.86. The smallest absolute Gasteiger partial charge is 0.227 e. The third kappa shape index (κ3) is 4.88. The van der Waals surface area contributed by atoms with Crippen LogP contribution >= 0.6 is 0 Å². The van der Waals surface area contributed by atoms with Gasteiger partial charge in [-0.3, -0.25) is 4.79 Å². The van der Waals surface area contributed by atoms with E-state index in [1.165, 1.54) is 5.56 Å². The first-order valence-electron chi connectivity index (χ1n) is 6.62. The minimum atomic E-state index is -0.0367. The normalized spacial score (nSPS) is 12.5. The molecule has 1 aromatic rings. The highest BCUT2D eigenvalue weighted by Crippen LogP contribution is 2.14. The van der Waals surface area contributed by atoms with E-state index >= 15 is 0 Å². The number of hydrogen-bond donors (Lipinski definition) is 2. The lowest BCUT2D eigenvalue weighted by Crippen LogP contribution is -2.22. The molecule has 0 aliphatic carbocycles. The minimum absolute atomic E-state index is 0.0367. The van der Waals surface area contributed by atoms with Crippen LogP contribution in [0.1, 0.15) is 32.8 Å². The van der Waals surface area contributed by atoms with Gasteiger partial charge in [0.1, 0.15) is 0 Å². The molecule has 1 aromatic carbocycles. The quantitative estimate of drug-likeness (QED) is 0.813. The van der Waals surface area contributed by atoms with E-state index in [0.717, 1.165) is 18.5 Å². The lowest BCUT2D eigenvalue weighted by atomic mass is 10.0. The van der Waals surface area contributed by atoms with Crippen LogP contribution in [0.25, 0.3) is 0 Å². The molecular formula is C15H24N2O. The first-order valence-corrected chi connectivity index (χ1v) is 6.62. The van der Waals surface area contributed by atoms with E-state index in [-0.39, 0.29) is 11.8 Å². The molecule has 1 atom stereocenters. The van der Waals surface area contributed by atoms with Crippen molar-refractivity contribution in [3.8, 4) is 0 Å². The molecule has 0 radical (unpaired) electrons. The predicted octanol–water partition coefficient (Wildman–Crippen LogP) is 2.81. The molecule has 0 saturated heterocycles. The first-order chi connectivity index (χ1) is 8.52. The molecule has 1 amide bonds. The molecule has 1 rings (SSSR count). The topological polar surface area (TPSA) is 55.1 Å². The van der Waals surface area contributed by atoms with Gasteiger partial charge in [-0.25, -0.2) is 0 Å². The van der Waals surface area contributed by atoms with Crippen LogP contribution in [0.5, 0.6) is 0 Å². The molecule has 0 aliphatic rings. The maximum atomic E-state index is 11.8. The summed E-state index contributed by atoms with van der Waals surface area (Å²) < 4.78 is 0. The van der Waals surface area contributed by atoms with Gasteiger partial charge in [-0.05, 0) is 43.0 Å². The third-order valence-electron chi connectivity index (χ3n) is 2.91. The van der Waals surface area contributed by atoms with Crippen molar-refractivity contribution < 1.29 is 4.79 Å². The fourth-order valence-electron chi connectivity index (χ4n) is 1.84. The monoisotopic (exact) mass is 248 g/mol. The van der Waals surface area contributed by atoms with Gasteiger partial charge in [0, 0.05) is 11.6 Å². The molecular weight excluding hydrogens is 224 g/mol. The Balaban J connectivity index is 2.55. The Bertz CT molecular complexity index is 371. The first kappa shape index (κ1) is 14.7. The molecule has 0 bridgehead atoms. The standard InChI is InChI=1S/C15H24N2O/c1-11(2)10-13-4-6-14(7-5-13)17-15(18)12(3)8-9-16/h4-7,11-12H,8-10,16H2,1-3H3,(H,17,18). The van der Waals surface area contributed by atoms with E-state index in [0.29, 0.717) is 12.5 Å². The van der Waals surface area contributed by atoms with Crippen LogP contribution in [0, 0.1) is 11.8 Å². The van der Waals surface area contributed by atoms with Crippen molar-refractivity contribution >= 4 is 11.6 Å². The van der Waals surface area contributed by atoms with Crippen molar-refractivity contribution in [3.63, 3.8) is 0 Å². The largest absolute Gasteiger partial charge is 0.330 e. The average Bonchev–Trinajstić information content (AvgIpc) is 2.31. The molecule has 18 heavy (non-hydrogen) atoms. The van der Waals surface area contributed by atoms with Gasteiger partial charge in [0.05, 0.1) is 0 Å². The van der Waals surface area contributed by atoms with Gasteiger partial charge in [-0.15, -0.1) is 0 Å². The van der Waals surface area contributed by atoms with Crippen LogP contribution in [0.3, 0.4) is 0 Å². The second kappa shape index (κ2) is 7.17. The zero-order valence-electron chi connectivity index (χ0n) is 11.6. The van der Waals surface area contributed by atoms with Crippen molar-refractivity contribution in [2.45, 2.75) is 33.6 Å². The highest BCUT2D eigenvalue weighted by molar-refractivity contribution is 5.92. The van der Waals surface area contributed by atoms with Crippen molar-refractivity contribution in [3.05, 3.63) is 29.8 Å². The van der Waals surface area contributed by atoms with Gasteiger partial charge in [-0.2, -0.15) is 0 Å². The van der Waals surface area contributed by atoms with Crippen molar-refractivity contribution in [1.29, 1.82) is 0 Å². The Hall–Kier alpha value is -1.35. The summed E-state index contributed by atoms with van der Waals surface area (Å²) in [5, 5.41) is 2.91.